The van der Waals surface area contributed by atoms with Crippen molar-refractivity contribution in [2.24, 2.45) is 0 Å². The second-order valence-electron chi connectivity index (χ2n) is 6.83. The fourth-order valence-corrected chi connectivity index (χ4v) is 3.03. The van der Waals surface area contributed by atoms with Crippen LogP contribution in [0.15, 0.2) is 66.9 Å². The first-order chi connectivity index (χ1) is 14.8. The van der Waals surface area contributed by atoms with Crippen LogP contribution in [0.25, 0.3) is 16.6 Å². The fourth-order valence-electron chi connectivity index (χ4n) is 3.03. The van der Waals surface area contributed by atoms with Gasteiger partial charge in [0.2, 0.25) is 0 Å². The fraction of sp³-hybridized carbons (Fsp3) is 0.136. The third-order valence-corrected chi connectivity index (χ3v) is 4.48. The summed E-state index contributed by atoms with van der Waals surface area (Å²) < 4.78 is 45.1. The first-order valence-electron chi connectivity index (χ1n) is 9.31. The van der Waals surface area contributed by atoms with E-state index in [1.165, 1.54) is 10.7 Å². The molecule has 2 aromatic carbocycles. The van der Waals surface area contributed by atoms with E-state index < -0.39 is 17.6 Å². The average molecular weight is 426 g/mol. The Morgan fingerprint density at radius 2 is 1.84 bits per heavy atom. The molecule has 2 aromatic heterocycles. The van der Waals surface area contributed by atoms with Crippen LogP contribution >= 0.6 is 0 Å². The summed E-state index contributed by atoms with van der Waals surface area (Å²) in [4.78, 5) is 16.2. The molecule has 4 rings (SSSR count). The Kier molecular flexibility index (Phi) is 5.33. The summed E-state index contributed by atoms with van der Waals surface area (Å²) >= 11 is 0. The van der Waals surface area contributed by atoms with E-state index in [-0.39, 0.29) is 18.2 Å². The maximum atomic E-state index is 12.8. The lowest BCUT2D eigenvalue weighted by atomic mass is 10.1. The summed E-state index contributed by atoms with van der Waals surface area (Å²) in [6.45, 7) is 1.45. The zero-order valence-corrected chi connectivity index (χ0v) is 16.3. The van der Waals surface area contributed by atoms with E-state index in [1.54, 1.807) is 19.1 Å². The first kappa shape index (κ1) is 20.4. The van der Waals surface area contributed by atoms with Crippen molar-refractivity contribution in [3.05, 3.63) is 78.1 Å². The summed E-state index contributed by atoms with van der Waals surface area (Å²) in [5, 5.41) is 8.90. The van der Waals surface area contributed by atoms with Crippen LogP contribution in [-0.2, 0) is 11.0 Å². The van der Waals surface area contributed by atoms with E-state index in [0.717, 1.165) is 23.0 Å². The van der Waals surface area contributed by atoms with Crippen molar-refractivity contribution in [3.63, 3.8) is 0 Å². The number of amides is 1. The van der Waals surface area contributed by atoms with Crippen molar-refractivity contribution >= 4 is 22.5 Å². The van der Waals surface area contributed by atoms with E-state index in [4.69, 9.17) is 4.74 Å². The highest BCUT2D eigenvalue weighted by Crippen LogP contribution is 2.29. The molecular weight excluding hydrogens is 409 g/mol. The smallest absolute Gasteiger partial charge is 0.417 e. The van der Waals surface area contributed by atoms with E-state index >= 15 is 0 Å². The van der Waals surface area contributed by atoms with Gasteiger partial charge in [-0.3, -0.25) is 4.79 Å². The molecule has 1 amide bonds. The van der Waals surface area contributed by atoms with Crippen LogP contribution in [0.1, 0.15) is 11.3 Å². The molecular formula is C22H17F3N4O2. The third-order valence-electron chi connectivity index (χ3n) is 4.48. The number of alkyl halides is 3. The molecule has 0 fully saturated rings. The summed E-state index contributed by atoms with van der Waals surface area (Å²) in [5.41, 5.74) is -0.304. The van der Waals surface area contributed by atoms with Crippen LogP contribution in [0.2, 0.25) is 0 Å². The van der Waals surface area contributed by atoms with Crippen LogP contribution < -0.4 is 10.1 Å². The highest BCUT2D eigenvalue weighted by molar-refractivity contribution is 5.91. The number of rotatable bonds is 5. The summed E-state index contributed by atoms with van der Waals surface area (Å²) in [7, 11) is 0. The van der Waals surface area contributed by atoms with Gasteiger partial charge in [0.15, 0.2) is 12.4 Å². The number of aromatic nitrogens is 3. The minimum Gasteiger partial charge on any atom is -0.484 e. The van der Waals surface area contributed by atoms with Crippen molar-refractivity contribution in [3.8, 4) is 11.6 Å². The van der Waals surface area contributed by atoms with Crippen LogP contribution in [0.5, 0.6) is 5.75 Å². The zero-order valence-electron chi connectivity index (χ0n) is 16.3. The molecule has 9 heteroatoms. The Morgan fingerprint density at radius 1 is 1.06 bits per heavy atom. The predicted octanol–water partition coefficient (Wildman–Crippen LogP) is 4.77. The standard InChI is InChI=1S/C22H17F3N4O2/c1-14-10-20(29(28-14)19-9-7-17(12-26-19)22(23,24)25)27-21(30)13-31-18-8-6-15-4-2-3-5-16(15)11-18/h2-12H,13H2,1H3,(H,27,30). The Bertz CT molecular complexity index is 1230. The number of nitrogens with zero attached hydrogens (tertiary/aromatic N) is 3. The van der Waals surface area contributed by atoms with Crippen molar-refractivity contribution in [1.82, 2.24) is 14.8 Å². The molecule has 0 radical (unpaired) electrons. The van der Waals surface area contributed by atoms with Gasteiger partial charge in [0, 0.05) is 12.3 Å². The number of fused-ring (bicyclic) bond motifs is 1. The van der Waals surface area contributed by atoms with Gasteiger partial charge in [-0.1, -0.05) is 30.3 Å². The highest BCUT2D eigenvalue weighted by Gasteiger charge is 2.30. The van der Waals surface area contributed by atoms with Crippen LogP contribution in [0.4, 0.5) is 19.0 Å². The second kappa shape index (κ2) is 8.10. The third kappa shape index (κ3) is 4.66. The molecule has 0 spiro atoms. The minimum atomic E-state index is -4.48. The van der Waals surface area contributed by atoms with E-state index in [2.05, 4.69) is 15.4 Å². The molecule has 0 aliphatic carbocycles. The molecule has 0 saturated carbocycles. The van der Waals surface area contributed by atoms with Crippen molar-refractivity contribution in [2.75, 3.05) is 11.9 Å². The Balaban J connectivity index is 1.46. The largest absolute Gasteiger partial charge is 0.484 e. The molecule has 0 saturated heterocycles. The number of pyridine rings is 1. The van der Waals surface area contributed by atoms with E-state index in [1.807, 2.05) is 36.4 Å². The summed E-state index contributed by atoms with van der Waals surface area (Å²) in [6, 6.07) is 17.0. The number of carbonyl (C=O) groups is 1. The molecule has 6 nitrogen and oxygen atoms in total. The molecule has 0 atom stereocenters. The van der Waals surface area contributed by atoms with Gasteiger partial charge >= 0.3 is 6.18 Å². The van der Waals surface area contributed by atoms with Crippen LogP contribution in [-0.4, -0.2) is 27.3 Å². The number of nitrogens with one attached hydrogen (secondary N) is 1. The van der Waals surface area contributed by atoms with Gasteiger partial charge < -0.3 is 10.1 Å². The van der Waals surface area contributed by atoms with Gasteiger partial charge in [0.25, 0.3) is 5.91 Å². The number of hydrogen-bond acceptors (Lipinski definition) is 4. The lowest BCUT2D eigenvalue weighted by Crippen LogP contribution is -2.22. The number of aryl methyl sites for hydroxylation is 1. The Hall–Kier alpha value is -3.88. The average Bonchev–Trinajstić information content (AvgIpc) is 3.11. The number of carbonyl (C=O) groups excluding carboxylic acids is 1. The van der Waals surface area contributed by atoms with Gasteiger partial charge in [0.1, 0.15) is 11.6 Å². The molecule has 2 heterocycles. The molecule has 1 N–H and O–H groups in total. The quantitative estimate of drug-likeness (QED) is 0.499. The maximum Gasteiger partial charge on any atom is 0.417 e. The van der Waals surface area contributed by atoms with Crippen LogP contribution in [0.3, 0.4) is 0 Å². The van der Waals surface area contributed by atoms with Gasteiger partial charge in [-0.25, -0.2) is 4.98 Å². The zero-order chi connectivity index (χ0) is 22.0. The van der Waals surface area contributed by atoms with Gasteiger partial charge in [-0.2, -0.15) is 23.0 Å². The first-order valence-corrected chi connectivity index (χ1v) is 9.31. The normalized spacial score (nSPS) is 11.5. The SMILES string of the molecule is Cc1cc(NC(=O)COc2ccc3ccccc3c2)n(-c2ccc(C(F)(F)F)cn2)n1. The topological polar surface area (TPSA) is 69.0 Å². The molecule has 0 unspecified atom stereocenters. The van der Waals surface area contributed by atoms with Gasteiger partial charge in [0.05, 0.1) is 11.3 Å². The molecule has 0 bridgehead atoms. The molecule has 0 aliphatic rings. The molecule has 31 heavy (non-hydrogen) atoms. The number of ether oxygens (including phenoxy) is 1. The second-order valence-corrected chi connectivity index (χ2v) is 6.83. The van der Waals surface area contributed by atoms with Crippen LogP contribution in [0, 0.1) is 6.92 Å². The predicted molar refractivity (Wildman–Crippen MR) is 109 cm³/mol. The Morgan fingerprint density at radius 3 is 2.55 bits per heavy atom. The lowest BCUT2D eigenvalue weighted by Gasteiger charge is -2.11. The Labute approximate surface area is 175 Å². The van der Waals surface area contributed by atoms with E-state index in [0.29, 0.717) is 11.4 Å². The highest BCUT2D eigenvalue weighted by atomic mass is 19.4. The van der Waals surface area contributed by atoms with Gasteiger partial charge in [-0.05, 0) is 42.0 Å². The van der Waals surface area contributed by atoms with Gasteiger partial charge in [-0.15, -0.1) is 0 Å². The molecule has 0 aliphatic heterocycles. The number of hydrogen-bond donors (Lipinski definition) is 1. The number of anilines is 1. The maximum absolute atomic E-state index is 12.8. The molecule has 158 valence electrons. The minimum absolute atomic E-state index is 0.145. The number of halogens is 3. The van der Waals surface area contributed by atoms with E-state index in [9.17, 15) is 18.0 Å². The number of benzene rings is 2. The summed E-state index contributed by atoms with van der Waals surface area (Å²) in [6.07, 6.45) is -3.76. The van der Waals surface area contributed by atoms with Crippen molar-refractivity contribution in [2.45, 2.75) is 13.1 Å². The lowest BCUT2D eigenvalue weighted by molar-refractivity contribution is -0.137. The van der Waals surface area contributed by atoms with Crippen molar-refractivity contribution < 1.29 is 22.7 Å². The molecule has 4 aromatic rings. The van der Waals surface area contributed by atoms with Crippen molar-refractivity contribution in [1.29, 1.82) is 0 Å². The summed E-state index contributed by atoms with van der Waals surface area (Å²) in [5.74, 6) is 0.521. The monoisotopic (exact) mass is 426 g/mol.